The Bertz CT molecular complexity index is 770. The molecule has 1 aromatic carbocycles. The number of anilines is 1. The summed E-state index contributed by atoms with van der Waals surface area (Å²) in [5, 5.41) is 2.13. The predicted octanol–water partition coefficient (Wildman–Crippen LogP) is 3.57. The van der Waals surface area contributed by atoms with E-state index in [4.69, 9.17) is 17.2 Å². The molecule has 2 aromatic heterocycles. The lowest BCUT2D eigenvalue weighted by molar-refractivity contribution is 0.561. The van der Waals surface area contributed by atoms with E-state index >= 15 is 0 Å². The van der Waals surface area contributed by atoms with Crippen molar-refractivity contribution in [3.63, 3.8) is 0 Å². The number of aromatic nitrogens is 2. The fourth-order valence-electron chi connectivity index (χ4n) is 2.56. The maximum Gasteiger partial charge on any atom is 0.124 e. The number of rotatable bonds is 5. The van der Waals surface area contributed by atoms with Gasteiger partial charge >= 0.3 is 0 Å². The Hall–Kier alpha value is -2.24. The van der Waals surface area contributed by atoms with Crippen molar-refractivity contribution in [3.05, 3.63) is 42.6 Å². The van der Waals surface area contributed by atoms with Crippen LogP contribution in [-0.2, 0) is 0 Å². The van der Waals surface area contributed by atoms with Gasteiger partial charge in [0.15, 0.2) is 0 Å². The summed E-state index contributed by atoms with van der Waals surface area (Å²) in [4.78, 5) is 8.62. The number of fused-ring (bicyclic) bond motifs is 3. The molecule has 24 heavy (non-hydrogen) atoms. The van der Waals surface area contributed by atoms with Gasteiger partial charge in [-0.2, -0.15) is 0 Å². The van der Waals surface area contributed by atoms with Crippen LogP contribution in [-0.4, -0.2) is 16.1 Å². The van der Waals surface area contributed by atoms with Crippen LogP contribution in [0.4, 0.5) is 5.82 Å². The van der Waals surface area contributed by atoms with E-state index in [0.717, 1.165) is 28.2 Å². The van der Waals surface area contributed by atoms with Gasteiger partial charge in [-0.15, -0.1) is 0 Å². The lowest BCUT2D eigenvalue weighted by atomic mass is 10.1. The van der Waals surface area contributed by atoms with E-state index in [0.29, 0.717) is 5.82 Å². The molecule has 6 N–H and O–H groups in total. The van der Waals surface area contributed by atoms with Gasteiger partial charge in [0.2, 0.25) is 0 Å². The minimum absolute atomic E-state index is 0.0955. The zero-order valence-electron chi connectivity index (χ0n) is 14.3. The van der Waals surface area contributed by atoms with E-state index in [1.54, 1.807) is 6.20 Å². The predicted molar refractivity (Wildman–Crippen MR) is 102 cm³/mol. The van der Waals surface area contributed by atoms with Crippen LogP contribution >= 0.6 is 0 Å². The zero-order valence-corrected chi connectivity index (χ0v) is 14.3. The highest BCUT2D eigenvalue weighted by atomic mass is 14.8. The average molecular weight is 325 g/mol. The summed E-state index contributed by atoms with van der Waals surface area (Å²) in [5.74, 6) is 0.541. The summed E-state index contributed by atoms with van der Waals surface area (Å²) in [6, 6.07) is 11.7. The van der Waals surface area contributed by atoms with Gasteiger partial charge in [-0.25, -0.2) is 4.98 Å². The summed E-state index contributed by atoms with van der Waals surface area (Å²) in [6.07, 6.45) is 7.71. The number of benzene rings is 1. The highest BCUT2D eigenvalue weighted by Gasteiger charge is 2.01. The molecule has 0 saturated heterocycles. The normalized spacial score (nSPS) is 10.8. The molecule has 5 heteroatoms. The van der Waals surface area contributed by atoms with E-state index in [-0.39, 0.29) is 6.17 Å². The first kappa shape index (κ1) is 18.1. The van der Waals surface area contributed by atoms with Gasteiger partial charge in [0, 0.05) is 17.0 Å². The summed E-state index contributed by atoms with van der Waals surface area (Å²) >= 11 is 0. The third-order valence-corrected chi connectivity index (χ3v) is 3.85. The molecule has 0 aliphatic rings. The number of nitrogens with two attached hydrogens (primary N) is 3. The number of nitrogens with zero attached hydrogens (tertiary/aromatic N) is 2. The molecule has 0 aliphatic heterocycles. The first-order valence-corrected chi connectivity index (χ1v) is 8.53. The second-order valence-corrected chi connectivity index (χ2v) is 5.96. The third-order valence-electron chi connectivity index (χ3n) is 3.85. The van der Waals surface area contributed by atoms with Crippen molar-refractivity contribution in [2.24, 2.45) is 11.5 Å². The van der Waals surface area contributed by atoms with Crippen LogP contribution in [0.1, 0.15) is 39.0 Å². The molecule has 0 bridgehead atoms. The molecule has 0 radical (unpaired) electrons. The zero-order chi connectivity index (χ0) is 17.4. The molecule has 0 saturated carbocycles. The van der Waals surface area contributed by atoms with E-state index in [1.165, 1.54) is 25.7 Å². The van der Waals surface area contributed by atoms with Gasteiger partial charge in [0.1, 0.15) is 5.82 Å². The molecule has 0 spiro atoms. The summed E-state index contributed by atoms with van der Waals surface area (Å²) in [5.41, 5.74) is 18.3. The fraction of sp³-hybridized carbons (Fsp3) is 0.368. The molecule has 3 aromatic rings. The lowest BCUT2D eigenvalue weighted by Crippen LogP contribution is -2.29. The number of unbranched alkanes of at least 4 members (excludes halogenated alkanes) is 3. The average Bonchev–Trinajstić information content (AvgIpc) is 2.59. The smallest absolute Gasteiger partial charge is 0.124 e. The van der Waals surface area contributed by atoms with Gasteiger partial charge in [-0.3, -0.25) is 4.98 Å². The standard InChI is InChI=1S/C12H9N3.C7H18N2/c13-11-6-4-8-3-5-10-9(12(8)15-11)2-1-7-14-10;1-2-3-4-5-6-7(8)9/h1-7H,(H2,13,15);7H,2-6,8-9H2,1H3. The van der Waals surface area contributed by atoms with Crippen molar-refractivity contribution in [1.29, 1.82) is 0 Å². The quantitative estimate of drug-likeness (QED) is 0.378. The molecule has 0 fully saturated rings. The van der Waals surface area contributed by atoms with Crippen LogP contribution < -0.4 is 17.2 Å². The second-order valence-electron chi connectivity index (χ2n) is 5.96. The summed E-state index contributed by atoms with van der Waals surface area (Å²) in [7, 11) is 0. The Balaban J connectivity index is 0.000000202. The van der Waals surface area contributed by atoms with Gasteiger partial charge in [0.05, 0.1) is 17.2 Å². The molecule has 2 heterocycles. The van der Waals surface area contributed by atoms with Crippen LogP contribution in [0, 0.1) is 0 Å². The molecule has 5 nitrogen and oxygen atoms in total. The molecule has 0 amide bonds. The number of hydrogen-bond acceptors (Lipinski definition) is 5. The Labute approximate surface area is 143 Å². The highest BCUT2D eigenvalue weighted by molar-refractivity contribution is 6.03. The number of pyridine rings is 2. The van der Waals surface area contributed by atoms with Gasteiger partial charge in [0.25, 0.3) is 0 Å². The maximum atomic E-state index is 5.68. The fourth-order valence-corrected chi connectivity index (χ4v) is 2.56. The van der Waals surface area contributed by atoms with Crippen molar-refractivity contribution in [2.75, 3.05) is 5.73 Å². The third kappa shape index (κ3) is 5.15. The van der Waals surface area contributed by atoms with E-state index < -0.39 is 0 Å². The number of nitrogen functional groups attached to an aromatic ring is 1. The van der Waals surface area contributed by atoms with Crippen molar-refractivity contribution in [1.82, 2.24) is 9.97 Å². The molecule has 0 unspecified atom stereocenters. The Morgan fingerprint density at radius 3 is 2.54 bits per heavy atom. The first-order valence-electron chi connectivity index (χ1n) is 8.53. The summed E-state index contributed by atoms with van der Waals surface area (Å²) in [6.45, 7) is 2.20. The van der Waals surface area contributed by atoms with Crippen LogP contribution in [0.5, 0.6) is 0 Å². The monoisotopic (exact) mass is 325 g/mol. The van der Waals surface area contributed by atoms with Gasteiger partial charge < -0.3 is 17.2 Å². The van der Waals surface area contributed by atoms with Crippen LogP contribution in [0.25, 0.3) is 21.8 Å². The van der Waals surface area contributed by atoms with Gasteiger partial charge in [-0.1, -0.05) is 38.7 Å². The van der Waals surface area contributed by atoms with Crippen molar-refractivity contribution >= 4 is 27.6 Å². The summed E-state index contributed by atoms with van der Waals surface area (Å²) < 4.78 is 0. The van der Waals surface area contributed by atoms with Crippen LogP contribution in [0.2, 0.25) is 0 Å². The molecule has 128 valence electrons. The Morgan fingerprint density at radius 1 is 1.00 bits per heavy atom. The Morgan fingerprint density at radius 2 is 1.79 bits per heavy atom. The van der Waals surface area contributed by atoms with Crippen molar-refractivity contribution in [3.8, 4) is 0 Å². The second kappa shape index (κ2) is 9.15. The molecule has 3 rings (SSSR count). The van der Waals surface area contributed by atoms with E-state index in [2.05, 4.69) is 16.9 Å². The molecule has 0 atom stereocenters. The van der Waals surface area contributed by atoms with Crippen molar-refractivity contribution in [2.45, 2.75) is 45.2 Å². The molecular formula is C19H27N5. The maximum absolute atomic E-state index is 5.68. The van der Waals surface area contributed by atoms with Crippen molar-refractivity contribution < 1.29 is 0 Å². The minimum Gasteiger partial charge on any atom is -0.384 e. The van der Waals surface area contributed by atoms with Gasteiger partial charge in [-0.05, 0) is 36.8 Å². The first-order chi connectivity index (χ1) is 11.6. The minimum atomic E-state index is -0.0955. The largest absolute Gasteiger partial charge is 0.384 e. The van der Waals surface area contributed by atoms with Crippen LogP contribution in [0.15, 0.2) is 42.6 Å². The lowest BCUT2D eigenvalue weighted by Gasteiger charge is -2.02. The molecule has 0 aliphatic carbocycles. The van der Waals surface area contributed by atoms with E-state index in [9.17, 15) is 0 Å². The Kier molecular flexibility index (Phi) is 6.90. The van der Waals surface area contributed by atoms with Crippen LogP contribution in [0.3, 0.4) is 0 Å². The number of hydrogen-bond donors (Lipinski definition) is 3. The van der Waals surface area contributed by atoms with E-state index in [1.807, 2.05) is 36.4 Å². The SMILES string of the molecule is CCCCCCC(N)N.Nc1ccc2ccc3ncccc3c2n1. The topological polar surface area (TPSA) is 104 Å². The highest BCUT2D eigenvalue weighted by Crippen LogP contribution is 2.22. The molecular weight excluding hydrogens is 298 g/mol.